The van der Waals surface area contributed by atoms with Crippen molar-refractivity contribution in [3.05, 3.63) is 35.4 Å². The Labute approximate surface area is 194 Å². The van der Waals surface area contributed by atoms with E-state index in [1.165, 1.54) is 4.90 Å². The molecule has 0 fully saturated rings. The van der Waals surface area contributed by atoms with Crippen molar-refractivity contribution in [3.63, 3.8) is 0 Å². The smallest absolute Gasteiger partial charge is 0.251 e. The third kappa shape index (κ3) is 7.16. The Morgan fingerprint density at radius 2 is 1.88 bits per heavy atom. The first-order valence-corrected chi connectivity index (χ1v) is 11.0. The second-order valence-corrected chi connectivity index (χ2v) is 7.90. The van der Waals surface area contributed by atoms with Crippen LogP contribution in [0.25, 0.3) is 0 Å². The van der Waals surface area contributed by atoms with E-state index in [1.807, 2.05) is 0 Å². The Morgan fingerprint density at radius 1 is 1.18 bits per heavy atom. The second kappa shape index (κ2) is 12.4. The number of nitrogens with two attached hydrogens (primary N) is 1. The van der Waals surface area contributed by atoms with Crippen LogP contribution < -0.4 is 26.6 Å². The molecule has 2 amide bonds. The van der Waals surface area contributed by atoms with Crippen molar-refractivity contribution in [2.75, 3.05) is 41.4 Å². The van der Waals surface area contributed by atoms with Gasteiger partial charge in [-0.15, -0.1) is 0 Å². The van der Waals surface area contributed by atoms with E-state index in [-0.39, 0.29) is 36.5 Å². The number of nitrogen functional groups attached to an aromatic ring is 1. The molecule has 5 N–H and O–H groups in total. The molecular weight excluding hydrogens is 422 g/mol. The summed E-state index contributed by atoms with van der Waals surface area (Å²) in [7, 11) is 1.68. The summed E-state index contributed by atoms with van der Waals surface area (Å²) in [5.41, 5.74) is 7.75. The fourth-order valence-electron chi connectivity index (χ4n) is 2.96. The molecule has 1 aromatic carbocycles. The van der Waals surface area contributed by atoms with E-state index >= 15 is 0 Å². The first-order chi connectivity index (χ1) is 15.8. The van der Waals surface area contributed by atoms with Gasteiger partial charge in [-0.2, -0.15) is 9.97 Å². The average molecular weight is 456 g/mol. The summed E-state index contributed by atoms with van der Waals surface area (Å²) in [4.78, 5) is 46.1. The minimum atomic E-state index is -0.327. The predicted molar refractivity (Wildman–Crippen MR) is 130 cm³/mol. The van der Waals surface area contributed by atoms with Crippen LogP contribution in [0.15, 0.2) is 24.3 Å². The average Bonchev–Trinajstić information content (AvgIpc) is 2.80. The maximum Gasteiger partial charge on any atom is 0.251 e. The Morgan fingerprint density at radius 3 is 2.45 bits per heavy atom. The van der Waals surface area contributed by atoms with Gasteiger partial charge in [0.05, 0.1) is 13.1 Å². The summed E-state index contributed by atoms with van der Waals surface area (Å²) in [6, 6.07) is 6.80. The number of hydrogen-bond acceptors (Lipinski definition) is 8. The van der Waals surface area contributed by atoms with Crippen molar-refractivity contribution in [1.29, 1.82) is 0 Å². The molecule has 1 aromatic heterocycles. The van der Waals surface area contributed by atoms with Gasteiger partial charge < -0.3 is 21.7 Å². The highest BCUT2D eigenvalue weighted by Crippen LogP contribution is 2.30. The van der Waals surface area contributed by atoms with Crippen molar-refractivity contribution in [2.24, 2.45) is 5.92 Å². The zero-order valence-corrected chi connectivity index (χ0v) is 19.6. The summed E-state index contributed by atoms with van der Waals surface area (Å²) in [6.07, 6.45) is 2.65. The van der Waals surface area contributed by atoms with Crippen LogP contribution in [-0.4, -0.2) is 48.2 Å². The first-order valence-electron chi connectivity index (χ1n) is 11.0. The van der Waals surface area contributed by atoms with Crippen LogP contribution >= 0.6 is 0 Å². The lowest BCUT2D eigenvalue weighted by Gasteiger charge is -2.21. The standard InChI is InChI=1S/C23H33N7O3/c1-5-6-11-26-23-28-20(24)19(25-4)21(29-23)30(14-31)13-16-7-9-17(10-8-16)22(33)27-12-18(32)15(2)3/h7-10,14-15,25H,5-6,11-13H2,1-4H3,(H,27,33)(H3,24,26,28,29). The molecule has 0 aliphatic rings. The monoisotopic (exact) mass is 455 g/mol. The van der Waals surface area contributed by atoms with Gasteiger partial charge in [-0.05, 0) is 24.1 Å². The molecule has 2 rings (SSSR count). The molecule has 1 heterocycles. The van der Waals surface area contributed by atoms with Crippen LogP contribution in [0, 0.1) is 5.92 Å². The van der Waals surface area contributed by atoms with Gasteiger partial charge in [-0.3, -0.25) is 19.3 Å². The molecule has 0 aliphatic carbocycles. The Hall–Kier alpha value is -3.69. The van der Waals surface area contributed by atoms with Crippen molar-refractivity contribution in [3.8, 4) is 0 Å². The predicted octanol–water partition coefficient (Wildman–Crippen LogP) is 2.43. The van der Waals surface area contributed by atoms with Gasteiger partial charge in [0.2, 0.25) is 12.4 Å². The summed E-state index contributed by atoms with van der Waals surface area (Å²) < 4.78 is 0. The number of carbonyl (C=O) groups excluding carboxylic acids is 3. The Kier molecular flexibility index (Phi) is 9.59. The van der Waals surface area contributed by atoms with E-state index < -0.39 is 0 Å². The lowest BCUT2D eigenvalue weighted by molar-refractivity contribution is -0.120. The zero-order valence-electron chi connectivity index (χ0n) is 19.6. The Bertz CT molecular complexity index is 961. The molecule has 10 heteroatoms. The lowest BCUT2D eigenvalue weighted by atomic mass is 10.1. The van der Waals surface area contributed by atoms with Gasteiger partial charge in [0.15, 0.2) is 17.4 Å². The minimum absolute atomic E-state index is 0.00623. The maximum absolute atomic E-state index is 12.3. The summed E-state index contributed by atoms with van der Waals surface area (Å²) in [5.74, 6) is 0.443. The third-order valence-electron chi connectivity index (χ3n) is 5.02. The molecule has 0 bridgehead atoms. The molecular formula is C23H33N7O3. The number of hydrogen-bond donors (Lipinski definition) is 4. The van der Waals surface area contributed by atoms with Crippen LogP contribution in [0.2, 0.25) is 0 Å². The van der Waals surface area contributed by atoms with Gasteiger partial charge >= 0.3 is 0 Å². The molecule has 2 aromatic rings. The first kappa shape index (κ1) is 25.6. The molecule has 0 spiro atoms. The van der Waals surface area contributed by atoms with E-state index in [4.69, 9.17) is 5.73 Å². The van der Waals surface area contributed by atoms with Crippen LogP contribution in [0.3, 0.4) is 0 Å². The third-order valence-corrected chi connectivity index (χ3v) is 5.02. The Balaban J connectivity index is 2.16. The van der Waals surface area contributed by atoms with E-state index in [0.29, 0.717) is 36.0 Å². The number of ketones is 1. The van der Waals surface area contributed by atoms with Crippen molar-refractivity contribution in [2.45, 2.75) is 40.2 Å². The number of nitrogens with zero attached hydrogens (tertiary/aromatic N) is 3. The van der Waals surface area contributed by atoms with Gasteiger partial charge in [0.25, 0.3) is 5.91 Å². The number of rotatable bonds is 13. The normalized spacial score (nSPS) is 10.6. The minimum Gasteiger partial charge on any atom is -0.382 e. The fraction of sp³-hybridized carbons (Fsp3) is 0.435. The van der Waals surface area contributed by atoms with Gasteiger partial charge in [0, 0.05) is 25.1 Å². The fourth-order valence-corrected chi connectivity index (χ4v) is 2.96. The number of Topliss-reactive ketones (excluding diaryl/α,β-unsaturated/α-hetero) is 1. The van der Waals surface area contributed by atoms with Crippen LogP contribution in [0.5, 0.6) is 0 Å². The molecule has 0 atom stereocenters. The van der Waals surface area contributed by atoms with E-state index in [2.05, 4.69) is 32.8 Å². The van der Waals surface area contributed by atoms with E-state index in [9.17, 15) is 14.4 Å². The number of aromatic nitrogens is 2. The summed E-state index contributed by atoms with van der Waals surface area (Å²) in [6.45, 7) is 6.57. The second-order valence-electron chi connectivity index (χ2n) is 7.90. The number of amides is 2. The molecule has 0 unspecified atom stereocenters. The number of nitrogens with one attached hydrogen (secondary N) is 3. The molecule has 0 radical (unpaired) electrons. The highest BCUT2D eigenvalue weighted by molar-refractivity contribution is 5.97. The number of unbranched alkanes of at least 4 members (excludes halogenated alkanes) is 1. The molecule has 0 saturated heterocycles. The van der Waals surface area contributed by atoms with Crippen molar-refractivity contribution < 1.29 is 14.4 Å². The molecule has 10 nitrogen and oxygen atoms in total. The topological polar surface area (TPSA) is 142 Å². The lowest BCUT2D eigenvalue weighted by Crippen LogP contribution is -2.31. The molecule has 33 heavy (non-hydrogen) atoms. The highest BCUT2D eigenvalue weighted by atomic mass is 16.2. The number of benzene rings is 1. The van der Waals surface area contributed by atoms with Crippen LogP contribution in [0.4, 0.5) is 23.3 Å². The molecule has 0 saturated carbocycles. The van der Waals surface area contributed by atoms with Gasteiger partial charge in [-0.25, -0.2) is 0 Å². The maximum atomic E-state index is 12.3. The molecule has 0 aliphatic heterocycles. The molecule has 178 valence electrons. The van der Waals surface area contributed by atoms with Crippen molar-refractivity contribution in [1.82, 2.24) is 15.3 Å². The van der Waals surface area contributed by atoms with Crippen LogP contribution in [-0.2, 0) is 16.1 Å². The quantitative estimate of drug-likeness (QED) is 0.266. The van der Waals surface area contributed by atoms with Crippen LogP contribution in [0.1, 0.15) is 49.5 Å². The SMILES string of the molecule is CCCCNc1nc(N)c(NC)c(N(C=O)Cc2ccc(C(=O)NCC(=O)C(C)C)cc2)n1. The number of anilines is 4. The highest BCUT2D eigenvalue weighted by Gasteiger charge is 2.18. The number of carbonyl (C=O) groups is 3. The summed E-state index contributed by atoms with van der Waals surface area (Å²) >= 11 is 0. The van der Waals surface area contributed by atoms with Crippen molar-refractivity contribution >= 4 is 41.4 Å². The van der Waals surface area contributed by atoms with Gasteiger partial charge in [0.1, 0.15) is 5.69 Å². The van der Waals surface area contributed by atoms with E-state index in [1.54, 1.807) is 45.2 Å². The van der Waals surface area contributed by atoms with Gasteiger partial charge in [-0.1, -0.05) is 39.3 Å². The van der Waals surface area contributed by atoms with E-state index in [0.717, 1.165) is 18.4 Å². The zero-order chi connectivity index (χ0) is 24.4. The summed E-state index contributed by atoms with van der Waals surface area (Å²) in [5, 5.41) is 8.71. The largest absolute Gasteiger partial charge is 0.382 e.